The average molecular weight is 399 g/mol. The van der Waals surface area contributed by atoms with E-state index in [-0.39, 0.29) is 13.0 Å². The van der Waals surface area contributed by atoms with Crippen LogP contribution in [-0.4, -0.2) is 43.3 Å². The summed E-state index contributed by atoms with van der Waals surface area (Å²) in [7, 11) is 1.23. The van der Waals surface area contributed by atoms with Crippen molar-refractivity contribution >= 4 is 29.2 Å². The molecule has 1 atom stereocenters. The Balaban J connectivity index is 1.53. The fourth-order valence-electron chi connectivity index (χ4n) is 2.61. The van der Waals surface area contributed by atoms with Crippen molar-refractivity contribution in [3.8, 4) is 0 Å². The lowest BCUT2D eigenvalue weighted by atomic mass is 10.0. The van der Waals surface area contributed by atoms with Crippen LogP contribution in [0.2, 0.25) is 0 Å². The quantitative estimate of drug-likeness (QED) is 0.722. The Bertz CT molecular complexity index is 959. The number of methoxy groups -OCH3 is 1. The number of carbonyl (C=O) groups is 3. The molecule has 150 valence electrons. The Morgan fingerprint density at radius 1 is 1.21 bits per heavy atom. The molecular weight excluding hydrogens is 381 g/mol. The lowest BCUT2D eigenvalue weighted by Crippen LogP contribution is -2.30. The van der Waals surface area contributed by atoms with Crippen LogP contribution in [0.25, 0.3) is 0 Å². The second-order valence-corrected chi connectivity index (χ2v) is 6.17. The molecule has 0 spiro atoms. The number of oxime groups is 1. The van der Waals surface area contributed by atoms with E-state index in [0.717, 1.165) is 0 Å². The van der Waals surface area contributed by atoms with E-state index in [1.807, 2.05) is 0 Å². The van der Waals surface area contributed by atoms with E-state index in [0.29, 0.717) is 22.5 Å². The maximum absolute atomic E-state index is 13.3. The molecule has 1 heterocycles. The number of amides is 2. The van der Waals surface area contributed by atoms with Crippen molar-refractivity contribution in [2.24, 2.45) is 5.16 Å². The Kier molecular flexibility index (Phi) is 6.18. The van der Waals surface area contributed by atoms with Crippen molar-refractivity contribution < 1.29 is 28.3 Å². The number of esters is 1. The number of hydrogen-bond acceptors (Lipinski definition) is 6. The van der Waals surface area contributed by atoms with Gasteiger partial charge in [-0.25, -0.2) is 4.39 Å². The third-order valence-corrected chi connectivity index (χ3v) is 4.15. The summed E-state index contributed by atoms with van der Waals surface area (Å²) < 4.78 is 17.8. The molecule has 1 unspecified atom stereocenters. The molecule has 0 saturated heterocycles. The van der Waals surface area contributed by atoms with Gasteiger partial charge in [0.2, 0.25) is 6.10 Å². The van der Waals surface area contributed by atoms with Gasteiger partial charge in [-0.3, -0.25) is 14.4 Å². The summed E-state index contributed by atoms with van der Waals surface area (Å²) in [5.41, 5.74) is 1.83. The molecule has 9 heteroatoms. The van der Waals surface area contributed by atoms with Crippen molar-refractivity contribution in [1.29, 1.82) is 0 Å². The largest absolute Gasteiger partial charge is 0.468 e. The van der Waals surface area contributed by atoms with Crippen LogP contribution >= 0.6 is 0 Å². The summed E-state index contributed by atoms with van der Waals surface area (Å²) in [6, 6.07) is 12.0. The van der Waals surface area contributed by atoms with Gasteiger partial charge in [-0.2, -0.15) is 0 Å². The first kappa shape index (κ1) is 20.0. The molecule has 1 aliphatic rings. The number of benzene rings is 2. The smallest absolute Gasteiger partial charge is 0.325 e. The summed E-state index contributed by atoms with van der Waals surface area (Å²) in [6.07, 6.45) is -0.625. The third-order valence-electron chi connectivity index (χ3n) is 4.15. The van der Waals surface area contributed by atoms with Gasteiger partial charge in [-0.05, 0) is 36.4 Å². The highest BCUT2D eigenvalue weighted by Crippen LogP contribution is 2.19. The summed E-state index contributed by atoms with van der Waals surface area (Å²) >= 11 is 0. The SMILES string of the molecule is COC(=O)CNC(=O)c1ccc(NC(=O)C2CC(c3cccc(F)c3)=NO2)cc1. The number of carbonyl (C=O) groups excluding carboxylic acids is 3. The fraction of sp³-hybridized carbons (Fsp3) is 0.200. The number of rotatable bonds is 6. The summed E-state index contributed by atoms with van der Waals surface area (Å²) in [5.74, 6) is -1.81. The van der Waals surface area contributed by atoms with Gasteiger partial charge >= 0.3 is 5.97 Å². The first-order valence-corrected chi connectivity index (χ1v) is 8.71. The summed E-state index contributed by atoms with van der Waals surface area (Å²) in [4.78, 5) is 40.5. The first-order chi connectivity index (χ1) is 14.0. The highest BCUT2D eigenvalue weighted by atomic mass is 19.1. The lowest BCUT2D eigenvalue weighted by molar-refractivity contribution is -0.139. The number of anilines is 1. The zero-order chi connectivity index (χ0) is 20.8. The third kappa shape index (κ3) is 5.16. The zero-order valence-electron chi connectivity index (χ0n) is 15.5. The Hall–Kier alpha value is -3.75. The van der Waals surface area contributed by atoms with Crippen LogP contribution in [0.4, 0.5) is 10.1 Å². The molecule has 2 amide bonds. The van der Waals surface area contributed by atoms with Gasteiger partial charge in [0.25, 0.3) is 11.8 Å². The summed E-state index contributed by atoms with van der Waals surface area (Å²) in [6.45, 7) is -0.236. The second kappa shape index (κ2) is 8.96. The molecule has 2 aromatic rings. The molecule has 0 saturated carbocycles. The van der Waals surface area contributed by atoms with Gasteiger partial charge in [0.05, 0.1) is 12.8 Å². The minimum Gasteiger partial charge on any atom is -0.468 e. The van der Waals surface area contributed by atoms with E-state index in [2.05, 4.69) is 20.5 Å². The molecule has 0 aliphatic carbocycles. The molecule has 2 N–H and O–H groups in total. The predicted octanol–water partition coefficient (Wildman–Crippen LogP) is 1.86. The highest BCUT2D eigenvalue weighted by molar-refractivity contribution is 6.06. The molecule has 0 fully saturated rings. The van der Waals surface area contributed by atoms with E-state index >= 15 is 0 Å². The van der Waals surface area contributed by atoms with Crippen LogP contribution in [0.3, 0.4) is 0 Å². The number of nitrogens with one attached hydrogen (secondary N) is 2. The van der Waals surface area contributed by atoms with Gasteiger partial charge in [-0.15, -0.1) is 0 Å². The van der Waals surface area contributed by atoms with Crippen molar-refractivity contribution in [1.82, 2.24) is 5.32 Å². The number of nitrogens with zero attached hydrogens (tertiary/aromatic N) is 1. The second-order valence-electron chi connectivity index (χ2n) is 6.17. The maximum Gasteiger partial charge on any atom is 0.325 e. The number of halogens is 1. The van der Waals surface area contributed by atoms with Gasteiger partial charge in [0, 0.05) is 23.2 Å². The monoisotopic (exact) mass is 399 g/mol. The first-order valence-electron chi connectivity index (χ1n) is 8.71. The van der Waals surface area contributed by atoms with Crippen LogP contribution in [0, 0.1) is 5.82 Å². The fourth-order valence-corrected chi connectivity index (χ4v) is 2.61. The Morgan fingerprint density at radius 3 is 2.66 bits per heavy atom. The Morgan fingerprint density at radius 2 is 1.97 bits per heavy atom. The van der Waals surface area contributed by atoms with Crippen molar-refractivity contribution in [2.75, 3.05) is 19.0 Å². The van der Waals surface area contributed by atoms with Crippen molar-refractivity contribution in [3.05, 3.63) is 65.5 Å². The molecule has 29 heavy (non-hydrogen) atoms. The zero-order valence-corrected chi connectivity index (χ0v) is 15.5. The maximum atomic E-state index is 13.3. The number of hydrogen-bond donors (Lipinski definition) is 2. The van der Waals surface area contributed by atoms with Crippen molar-refractivity contribution in [3.63, 3.8) is 0 Å². The topological polar surface area (TPSA) is 106 Å². The normalized spacial score (nSPS) is 15.1. The van der Waals surface area contributed by atoms with Crippen molar-refractivity contribution in [2.45, 2.75) is 12.5 Å². The minimum atomic E-state index is -0.837. The molecular formula is C20H18FN3O5. The van der Waals surface area contributed by atoms with Gasteiger partial charge in [0.1, 0.15) is 12.4 Å². The molecule has 2 aromatic carbocycles. The van der Waals surface area contributed by atoms with E-state index in [1.54, 1.807) is 24.3 Å². The molecule has 0 aromatic heterocycles. The van der Waals surface area contributed by atoms with E-state index in [1.165, 1.54) is 31.4 Å². The molecule has 8 nitrogen and oxygen atoms in total. The van der Waals surface area contributed by atoms with Crippen LogP contribution in [0.15, 0.2) is 53.7 Å². The highest BCUT2D eigenvalue weighted by Gasteiger charge is 2.29. The molecule has 1 aliphatic heterocycles. The summed E-state index contributed by atoms with van der Waals surface area (Å²) in [5, 5.41) is 8.96. The average Bonchev–Trinajstić information content (AvgIpc) is 3.23. The van der Waals surface area contributed by atoms with Crippen LogP contribution in [0.5, 0.6) is 0 Å². The Labute approximate surface area is 165 Å². The molecule has 0 bridgehead atoms. The minimum absolute atomic E-state index is 0.212. The lowest BCUT2D eigenvalue weighted by Gasteiger charge is -2.10. The predicted molar refractivity (Wildman–Crippen MR) is 102 cm³/mol. The van der Waals surface area contributed by atoms with E-state index in [9.17, 15) is 18.8 Å². The van der Waals surface area contributed by atoms with Gasteiger partial charge < -0.3 is 20.2 Å². The van der Waals surface area contributed by atoms with Gasteiger partial charge in [0.15, 0.2) is 0 Å². The molecule has 0 radical (unpaired) electrons. The van der Waals surface area contributed by atoms with Crippen LogP contribution in [-0.2, 0) is 19.2 Å². The molecule has 3 rings (SSSR count). The number of ether oxygens (including phenoxy) is 1. The van der Waals surface area contributed by atoms with Crippen LogP contribution in [0.1, 0.15) is 22.3 Å². The standard InChI is InChI=1S/C20H18FN3O5/c1-28-18(25)11-22-19(26)12-5-7-15(8-6-12)23-20(27)17-10-16(24-29-17)13-3-2-4-14(21)9-13/h2-9,17H,10-11H2,1H3,(H,22,26)(H,23,27). The van der Waals surface area contributed by atoms with Crippen LogP contribution < -0.4 is 10.6 Å². The van der Waals surface area contributed by atoms with E-state index < -0.39 is 29.7 Å². The van der Waals surface area contributed by atoms with Gasteiger partial charge in [-0.1, -0.05) is 17.3 Å². The van der Waals surface area contributed by atoms with E-state index in [4.69, 9.17) is 4.84 Å².